The van der Waals surface area contributed by atoms with Gasteiger partial charge in [-0.15, -0.1) is 0 Å². The van der Waals surface area contributed by atoms with Crippen molar-refractivity contribution < 1.29 is 4.39 Å². The molecule has 1 unspecified atom stereocenters. The Hall–Kier alpha value is -0.370. The standard InChI is InChI=1S/C10H10BrF/c11-10-3-1-2-7-4-5-8(12)6-9(7)10/h1-3,8H,4-6H2. The van der Waals surface area contributed by atoms with Gasteiger partial charge in [-0.05, 0) is 30.0 Å². The fourth-order valence-corrected chi connectivity index (χ4v) is 2.27. The van der Waals surface area contributed by atoms with Crippen LogP contribution < -0.4 is 0 Å². The van der Waals surface area contributed by atoms with Crippen molar-refractivity contribution in [2.45, 2.75) is 25.4 Å². The van der Waals surface area contributed by atoms with Crippen molar-refractivity contribution in [2.24, 2.45) is 0 Å². The van der Waals surface area contributed by atoms with E-state index < -0.39 is 6.17 Å². The predicted octanol–water partition coefficient (Wildman–Crippen LogP) is 3.28. The number of aryl methyl sites for hydroxylation is 1. The summed E-state index contributed by atoms with van der Waals surface area (Å²) in [4.78, 5) is 0. The molecule has 0 amide bonds. The fraction of sp³-hybridized carbons (Fsp3) is 0.400. The molecule has 1 atom stereocenters. The predicted molar refractivity (Wildman–Crippen MR) is 51.1 cm³/mol. The Bertz CT molecular complexity index is 296. The van der Waals surface area contributed by atoms with Gasteiger partial charge in [0.25, 0.3) is 0 Å². The van der Waals surface area contributed by atoms with Gasteiger partial charge in [-0.3, -0.25) is 0 Å². The zero-order valence-corrected chi connectivity index (χ0v) is 8.27. The van der Waals surface area contributed by atoms with Crippen LogP contribution in [0.15, 0.2) is 22.7 Å². The third kappa shape index (κ3) is 1.40. The number of hydrogen-bond acceptors (Lipinski definition) is 0. The number of fused-ring (bicyclic) bond motifs is 1. The van der Waals surface area contributed by atoms with Gasteiger partial charge in [0.15, 0.2) is 0 Å². The van der Waals surface area contributed by atoms with Gasteiger partial charge in [-0.1, -0.05) is 28.1 Å². The van der Waals surface area contributed by atoms with Crippen molar-refractivity contribution in [3.05, 3.63) is 33.8 Å². The molecule has 1 aromatic rings. The molecule has 64 valence electrons. The maximum atomic E-state index is 13.0. The van der Waals surface area contributed by atoms with Crippen LogP contribution in [0.3, 0.4) is 0 Å². The lowest BCUT2D eigenvalue weighted by atomic mass is 9.91. The summed E-state index contributed by atoms with van der Waals surface area (Å²) in [5.41, 5.74) is 2.47. The van der Waals surface area contributed by atoms with Crippen LogP contribution in [-0.4, -0.2) is 6.17 Å². The molecule has 0 heterocycles. The molecule has 0 N–H and O–H groups in total. The van der Waals surface area contributed by atoms with Crippen LogP contribution in [0.2, 0.25) is 0 Å². The second kappa shape index (κ2) is 3.17. The van der Waals surface area contributed by atoms with E-state index in [1.165, 1.54) is 5.56 Å². The SMILES string of the molecule is FC1CCc2cccc(Br)c2C1. The molecule has 0 spiro atoms. The summed E-state index contributed by atoms with van der Waals surface area (Å²) in [6.45, 7) is 0. The van der Waals surface area contributed by atoms with Gasteiger partial charge in [0.2, 0.25) is 0 Å². The van der Waals surface area contributed by atoms with E-state index in [1.54, 1.807) is 0 Å². The van der Waals surface area contributed by atoms with Gasteiger partial charge in [0.1, 0.15) is 6.17 Å². The third-order valence-corrected chi connectivity index (χ3v) is 3.11. The van der Waals surface area contributed by atoms with E-state index in [4.69, 9.17) is 0 Å². The van der Waals surface area contributed by atoms with E-state index in [9.17, 15) is 4.39 Å². The average molecular weight is 229 g/mol. The topological polar surface area (TPSA) is 0 Å². The minimum Gasteiger partial charge on any atom is -0.247 e. The first kappa shape index (κ1) is 8.24. The Kier molecular flexibility index (Phi) is 2.18. The summed E-state index contributed by atoms with van der Waals surface area (Å²) in [5.74, 6) is 0. The molecule has 2 rings (SSSR count). The second-order valence-electron chi connectivity index (χ2n) is 3.22. The fourth-order valence-electron chi connectivity index (χ4n) is 1.70. The van der Waals surface area contributed by atoms with Crippen molar-refractivity contribution >= 4 is 15.9 Å². The van der Waals surface area contributed by atoms with E-state index in [-0.39, 0.29) is 0 Å². The van der Waals surface area contributed by atoms with E-state index in [0.29, 0.717) is 12.8 Å². The molecule has 0 radical (unpaired) electrons. The highest BCUT2D eigenvalue weighted by Gasteiger charge is 2.18. The van der Waals surface area contributed by atoms with E-state index in [2.05, 4.69) is 22.0 Å². The molecule has 0 fully saturated rings. The third-order valence-electron chi connectivity index (χ3n) is 2.37. The Morgan fingerprint density at radius 1 is 1.42 bits per heavy atom. The lowest BCUT2D eigenvalue weighted by Crippen LogP contribution is -2.14. The lowest BCUT2D eigenvalue weighted by Gasteiger charge is -2.19. The molecular formula is C10H10BrF. The molecule has 0 saturated carbocycles. The van der Waals surface area contributed by atoms with Crippen LogP contribution in [0, 0.1) is 0 Å². The molecule has 0 aromatic heterocycles. The Morgan fingerprint density at radius 2 is 2.25 bits per heavy atom. The highest BCUT2D eigenvalue weighted by atomic mass is 79.9. The lowest BCUT2D eigenvalue weighted by molar-refractivity contribution is 0.301. The van der Waals surface area contributed by atoms with Crippen LogP contribution in [0.1, 0.15) is 17.5 Å². The smallest absolute Gasteiger partial charge is 0.104 e. The highest BCUT2D eigenvalue weighted by molar-refractivity contribution is 9.10. The first-order valence-corrected chi connectivity index (χ1v) is 4.97. The van der Waals surface area contributed by atoms with E-state index in [0.717, 1.165) is 16.5 Å². The summed E-state index contributed by atoms with van der Waals surface area (Å²) >= 11 is 3.44. The van der Waals surface area contributed by atoms with Gasteiger partial charge < -0.3 is 0 Å². The maximum absolute atomic E-state index is 13.0. The molecule has 0 aliphatic heterocycles. The van der Waals surface area contributed by atoms with Crippen molar-refractivity contribution in [3.8, 4) is 0 Å². The average Bonchev–Trinajstić information content (AvgIpc) is 2.07. The molecular weight excluding hydrogens is 219 g/mol. The first-order chi connectivity index (χ1) is 5.77. The van der Waals surface area contributed by atoms with Gasteiger partial charge in [0, 0.05) is 10.9 Å². The molecule has 1 aliphatic rings. The second-order valence-corrected chi connectivity index (χ2v) is 4.07. The normalized spacial score (nSPS) is 22.0. The van der Waals surface area contributed by atoms with Crippen LogP contribution in [0.25, 0.3) is 0 Å². The Balaban J connectivity index is 2.43. The Labute approximate surface area is 79.9 Å². The summed E-state index contributed by atoms with van der Waals surface area (Å²) in [7, 11) is 0. The Morgan fingerprint density at radius 3 is 3.08 bits per heavy atom. The molecule has 12 heavy (non-hydrogen) atoms. The van der Waals surface area contributed by atoms with Crippen molar-refractivity contribution in [2.75, 3.05) is 0 Å². The van der Waals surface area contributed by atoms with E-state index >= 15 is 0 Å². The number of rotatable bonds is 0. The minimum absolute atomic E-state index is 0.580. The van der Waals surface area contributed by atoms with Crippen molar-refractivity contribution in [1.82, 2.24) is 0 Å². The first-order valence-electron chi connectivity index (χ1n) is 4.17. The van der Waals surface area contributed by atoms with Crippen molar-refractivity contribution in [1.29, 1.82) is 0 Å². The van der Waals surface area contributed by atoms with Gasteiger partial charge in [-0.25, -0.2) is 4.39 Å². The molecule has 1 aliphatic carbocycles. The summed E-state index contributed by atoms with van der Waals surface area (Å²) in [6, 6.07) is 6.09. The van der Waals surface area contributed by atoms with E-state index in [1.807, 2.05) is 12.1 Å². The molecule has 0 bridgehead atoms. The largest absolute Gasteiger partial charge is 0.247 e. The molecule has 2 heteroatoms. The molecule has 0 nitrogen and oxygen atoms in total. The van der Waals surface area contributed by atoms with Crippen LogP contribution in [0.5, 0.6) is 0 Å². The maximum Gasteiger partial charge on any atom is 0.104 e. The highest BCUT2D eigenvalue weighted by Crippen LogP contribution is 2.29. The summed E-state index contributed by atoms with van der Waals surface area (Å²) < 4.78 is 14.1. The number of halogens is 2. The van der Waals surface area contributed by atoms with Gasteiger partial charge in [-0.2, -0.15) is 0 Å². The zero-order chi connectivity index (χ0) is 8.55. The van der Waals surface area contributed by atoms with Crippen LogP contribution >= 0.6 is 15.9 Å². The zero-order valence-electron chi connectivity index (χ0n) is 6.69. The van der Waals surface area contributed by atoms with Crippen LogP contribution in [-0.2, 0) is 12.8 Å². The number of hydrogen-bond donors (Lipinski definition) is 0. The van der Waals surface area contributed by atoms with Crippen molar-refractivity contribution in [3.63, 3.8) is 0 Å². The number of alkyl halides is 1. The summed E-state index contributed by atoms with van der Waals surface area (Å²) in [6.07, 6.45) is 1.51. The minimum atomic E-state index is -0.642. The quantitative estimate of drug-likeness (QED) is 0.640. The number of benzene rings is 1. The van der Waals surface area contributed by atoms with Crippen LogP contribution in [0.4, 0.5) is 4.39 Å². The molecule has 1 aromatic carbocycles. The van der Waals surface area contributed by atoms with Gasteiger partial charge in [0.05, 0.1) is 0 Å². The van der Waals surface area contributed by atoms with Gasteiger partial charge >= 0.3 is 0 Å². The monoisotopic (exact) mass is 228 g/mol. The molecule has 0 saturated heterocycles. The summed E-state index contributed by atoms with van der Waals surface area (Å²) in [5, 5.41) is 0.